The molecule has 0 amide bonds. The number of aromatic nitrogens is 2. The van der Waals surface area contributed by atoms with E-state index >= 15 is 0 Å². The summed E-state index contributed by atoms with van der Waals surface area (Å²) in [5, 5.41) is 10.7. The highest BCUT2D eigenvalue weighted by Gasteiger charge is 2.13. The Kier molecular flexibility index (Phi) is 4.56. The number of methoxy groups -OCH3 is 1. The second kappa shape index (κ2) is 6.96. The zero-order chi connectivity index (χ0) is 17.8. The molecule has 3 rings (SSSR count). The van der Waals surface area contributed by atoms with Crippen LogP contribution >= 0.6 is 0 Å². The van der Waals surface area contributed by atoms with Crippen LogP contribution in [0, 0.1) is 10.1 Å². The molecule has 0 spiro atoms. The van der Waals surface area contributed by atoms with Crippen LogP contribution in [-0.4, -0.2) is 27.6 Å². The van der Waals surface area contributed by atoms with Gasteiger partial charge in [0, 0.05) is 0 Å². The maximum absolute atomic E-state index is 11.9. The molecule has 0 aliphatic heterocycles. The minimum Gasteiger partial charge on any atom is -0.465 e. The van der Waals surface area contributed by atoms with Crippen molar-refractivity contribution < 1.29 is 14.5 Å². The molecule has 0 aliphatic rings. The van der Waals surface area contributed by atoms with Crippen molar-refractivity contribution in [3.05, 3.63) is 82.3 Å². The minimum atomic E-state index is -0.524. The van der Waals surface area contributed by atoms with Crippen molar-refractivity contribution in [2.24, 2.45) is 0 Å². The van der Waals surface area contributed by atoms with Gasteiger partial charge in [-0.05, 0) is 32.7 Å². The van der Waals surface area contributed by atoms with E-state index in [9.17, 15) is 14.9 Å². The van der Waals surface area contributed by atoms with Crippen LogP contribution in [0.1, 0.15) is 15.9 Å². The smallest absolute Gasteiger partial charge is 0.381 e. The van der Waals surface area contributed by atoms with E-state index < -0.39 is 4.92 Å². The van der Waals surface area contributed by atoms with Crippen molar-refractivity contribution in [1.82, 2.24) is 9.55 Å². The van der Waals surface area contributed by atoms with Crippen LogP contribution in [0.5, 0.6) is 0 Å². The molecule has 25 heavy (non-hydrogen) atoms. The molecule has 0 N–H and O–H groups in total. The highest BCUT2D eigenvalue weighted by atomic mass is 16.6. The molecule has 1 heterocycles. The van der Waals surface area contributed by atoms with Crippen molar-refractivity contribution in [3.63, 3.8) is 0 Å². The van der Waals surface area contributed by atoms with Gasteiger partial charge in [0.2, 0.25) is 6.33 Å². The van der Waals surface area contributed by atoms with Gasteiger partial charge in [-0.3, -0.25) is 0 Å². The molecule has 0 fully saturated rings. The topological polar surface area (TPSA) is 87.3 Å². The second-order valence-electron chi connectivity index (χ2n) is 5.40. The zero-order valence-corrected chi connectivity index (χ0v) is 13.5. The quantitative estimate of drug-likeness (QED) is 0.405. The first kappa shape index (κ1) is 16.4. The Balaban J connectivity index is 1.83. The Morgan fingerprint density at radius 1 is 1.20 bits per heavy atom. The van der Waals surface area contributed by atoms with Crippen LogP contribution < -0.4 is 0 Å². The van der Waals surface area contributed by atoms with Gasteiger partial charge >= 0.3 is 11.8 Å². The maximum Gasteiger partial charge on any atom is 0.381 e. The van der Waals surface area contributed by atoms with Crippen molar-refractivity contribution in [3.8, 4) is 11.1 Å². The molecule has 126 valence electrons. The van der Waals surface area contributed by atoms with Gasteiger partial charge in [-0.2, -0.15) is 0 Å². The average molecular weight is 337 g/mol. The van der Waals surface area contributed by atoms with Crippen LogP contribution in [0.4, 0.5) is 5.82 Å². The minimum absolute atomic E-state index is 0.177. The molecule has 0 bridgehead atoms. The fourth-order valence-corrected chi connectivity index (χ4v) is 2.55. The maximum atomic E-state index is 11.9. The molecule has 0 radical (unpaired) electrons. The molecule has 0 aliphatic carbocycles. The summed E-state index contributed by atoms with van der Waals surface area (Å²) in [6, 6.07) is 14.9. The van der Waals surface area contributed by atoms with Gasteiger partial charge in [-0.15, -0.1) is 0 Å². The molecular formula is C18H15N3O4. The number of hydrogen-bond donors (Lipinski definition) is 0. The van der Waals surface area contributed by atoms with Crippen molar-refractivity contribution >= 4 is 11.8 Å². The summed E-state index contributed by atoms with van der Waals surface area (Å²) < 4.78 is 6.47. The Morgan fingerprint density at radius 3 is 2.56 bits per heavy atom. The van der Waals surface area contributed by atoms with E-state index in [2.05, 4.69) is 4.98 Å². The van der Waals surface area contributed by atoms with E-state index in [1.807, 2.05) is 36.4 Å². The molecule has 2 aromatic carbocycles. The molecule has 1 aromatic heterocycles. The predicted molar refractivity (Wildman–Crippen MR) is 91.2 cm³/mol. The first-order valence-corrected chi connectivity index (χ1v) is 7.51. The number of carbonyl (C=O) groups is 1. The van der Waals surface area contributed by atoms with Crippen molar-refractivity contribution in [2.45, 2.75) is 6.54 Å². The molecule has 0 saturated carbocycles. The standard InChI is InChI=1S/C18H15N3O4/c1-25-18(22)16-5-3-2-4-15(16)14-8-6-13(7-9-14)10-20-11-17(19-12-20)21(23)24/h2-9,11-12H,10H2,1H3. The number of benzene rings is 2. The van der Waals surface area contributed by atoms with E-state index in [1.54, 1.807) is 16.7 Å². The Hall–Kier alpha value is -3.48. The van der Waals surface area contributed by atoms with E-state index in [0.29, 0.717) is 12.1 Å². The number of hydrogen-bond acceptors (Lipinski definition) is 5. The van der Waals surface area contributed by atoms with Crippen LogP contribution in [0.15, 0.2) is 61.1 Å². The number of carbonyl (C=O) groups excluding carboxylic acids is 1. The number of rotatable bonds is 5. The number of ether oxygens (including phenoxy) is 1. The van der Waals surface area contributed by atoms with Gasteiger partial charge in [0.05, 0.1) is 19.2 Å². The van der Waals surface area contributed by atoms with Gasteiger partial charge < -0.3 is 19.4 Å². The molecule has 7 heteroatoms. The van der Waals surface area contributed by atoms with E-state index in [4.69, 9.17) is 4.74 Å². The third-order valence-electron chi connectivity index (χ3n) is 3.77. The van der Waals surface area contributed by atoms with Gasteiger partial charge in [-0.25, -0.2) is 4.79 Å². The van der Waals surface area contributed by atoms with Gasteiger partial charge in [0.25, 0.3) is 0 Å². The summed E-state index contributed by atoms with van der Waals surface area (Å²) in [5.41, 5.74) is 3.15. The number of nitrogens with zero attached hydrogens (tertiary/aromatic N) is 3. The SMILES string of the molecule is COC(=O)c1ccccc1-c1ccc(Cn2cnc([N+](=O)[O-])c2)cc1. The first-order valence-electron chi connectivity index (χ1n) is 7.51. The van der Waals surface area contributed by atoms with Crippen LogP contribution in [-0.2, 0) is 11.3 Å². The van der Waals surface area contributed by atoms with Crippen LogP contribution in [0.2, 0.25) is 0 Å². The average Bonchev–Trinajstić information content (AvgIpc) is 3.10. The van der Waals surface area contributed by atoms with Crippen LogP contribution in [0.25, 0.3) is 11.1 Å². The van der Waals surface area contributed by atoms with Crippen molar-refractivity contribution in [1.29, 1.82) is 0 Å². The zero-order valence-electron chi connectivity index (χ0n) is 13.5. The molecular weight excluding hydrogens is 322 g/mol. The largest absolute Gasteiger partial charge is 0.465 e. The normalized spacial score (nSPS) is 10.4. The summed E-state index contributed by atoms with van der Waals surface area (Å²) in [4.78, 5) is 25.8. The lowest BCUT2D eigenvalue weighted by Gasteiger charge is -2.09. The van der Waals surface area contributed by atoms with E-state index in [-0.39, 0.29) is 11.8 Å². The summed E-state index contributed by atoms with van der Waals surface area (Å²) in [7, 11) is 1.35. The third kappa shape index (κ3) is 3.55. The lowest BCUT2D eigenvalue weighted by Crippen LogP contribution is -2.03. The number of imidazole rings is 1. The lowest BCUT2D eigenvalue weighted by molar-refractivity contribution is -0.389. The number of esters is 1. The summed E-state index contributed by atoms with van der Waals surface area (Å²) >= 11 is 0. The summed E-state index contributed by atoms with van der Waals surface area (Å²) in [5.74, 6) is -0.561. The molecule has 0 saturated heterocycles. The lowest BCUT2D eigenvalue weighted by atomic mass is 9.99. The Morgan fingerprint density at radius 2 is 1.92 bits per heavy atom. The highest BCUT2D eigenvalue weighted by molar-refractivity contribution is 5.97. The van der Waals surface area contributed by atoms with E-state index in [0.717, 1.165) is 16.7 Å². The Bertz CT molecular complexity index is 916. The third-order valence-corrected chi connectivity index (χ3v) is 3.77. The highest BCUT2D eigenvalue weighted by Crippen LogP contribution is 2.25. The Labute approximate surface area is 143 Å². The molecule has 3 aromatic rings. The van der Waals surface area contributed by atoms with Gasteiger partial charge in [0.1, 0.15) is 6.20 Å². The number of nitro groups is 1. The molecule has 0 atom stereocenters. The first-order chi connectivity index (χ1) is 12.1. The summed E-state index contributed by atoms with van der Waals surface area (Å²) in [6.45, 7) is 0.472. The molecule has 0 unspecified atom stereocenters. The second-order valence-corrected chi connectivity index (χ2v) is 5.40. The van der Waals surface area contributed by atoms with Gasteiger partial charge in [-0.1, -0.05) is 42.5 Å². The van der Waals surface area contributed by atoms with Crippen LogP contribution in [0.3, 0.4) is 0 Å². The van der Waals surface area contributed by atoms with Gasteiger partial charge in [0.15, 0.2) is 0 Å². The predicted octanol–water partition coefficient (Wildman–Crippen LogP) is 3.29. The fraction of sp³-hybridized carbons (Fsp3) is 0.111. The van der Waals surface area contributed by atoms with Crippen molar-refractivity contribution in [2.75, 3.05) is 7.11 Å². The molecule has 7 nitrogen and oxygen atoms in total. The fourth-order valence-electron chi connectivity index (χ4n) is 2.55. The monoisotopic (exact) mass is 337 g/mol. The summed E-state index contributed by atoms with van der Waals surface area (Å²) in [6.07, 6.45) is 2.82. The van der Waals surface area contributed by atoms with E-state index in [1.165, 1.54) is 19.6 Å².